The molecule has 150 valence electrons. The molecule has 1 unspecified atom stereocenters. The predicted molar refractivity (Wildman–Crippen MR) is 101 cm³/mol. The zero-order valence-electron chi connectivity index (χ0n) is 15.8. The van der Waals surface area contributed by atoms with Gasteiger partial charge in [0, 0.05) is 11.1 Å². The van der Waals surface area contributed by atoms with Crippen LogP contribution in [0.1, 0.15) is 19.4 Å². The molecule has 7 nitrogen and oxygen atoms in total. The molecule has 1 fully saturated rings. The van der Waals surface area contributed by atoms with Gasteiger partial charge in [-0.05, 0) is 19.4 Å². The van der Waals surface area contributed by atoms with Gasteiger partial charge in [-0.25, -0.2) is 9.59 Å². The van der Waals surface area contributed by atoms with Crippen molar-refractivity contribution < 1.29 is 34.0 Å². The molecule has 7 heteroatoms. The van der Waals surface area contributed by atoms with Crippen molar-refractivity contribution in [2.24, 2.45) is 0 Å². The highest BCUT2D eigenvalue weighted by molar-refractivity contribution is 5.87. The summed E-state index contributed by atoms with van der Waals surface area (Å²) in [4.78, 5) is 21.7. The van der Waals surface area contributed by atoms with Crippen LogP contribution in [-0.4, -0.2) is 54.7 Å². The summed E-state index contributed by atoms with van der Waals surface area (Å²) in [5.41, 5.74) is 1.84. The lowest BCUT2D eigenvalue weighted by atomic mass is 10.2. The quantitative estimate of drug-likeness (QED) is 0.422. The fraction of sp³-hybridized carbons (Fsp3) is 0.400. The largest absolute Gasteiger partial charge is 0.459 e. The van der Waals surface area contributed by atoms with Gasteiger partial charge in [0.1, 0.15) is 19.3 Å². The van der Waals surface area contributed by atoms with Crippen molar-refractivity contribution in [1.29, 1.82) is 0 Å². The number of epoxide rings is 1. The van der Waals surface area contributed by atoms with Crippen molar-refractivity contribution in [3.05, 3.63) is 60.2 Å². The molecule has 1 aromatic rings. The highest BCUT2D eigenvalue weighted by Gasteiger charge is 2.24. The molecule has 2 rings (SSSR count). The average Bonchev–Trinajstić information content (AvgIpc) is 3.50. The van der Waals surface area contributed by atoms with Gasteiger partial charge in [0.25, 0.3) is 0 Å². The Bertz CT molecular complexity index is 590. The van der Waals surface area contributed by atoms with Gasteiger partial charge in [0.15, 0.2) is 0 Å². The van der Waals surface area contributed by atoms with Crippen LogP contribution in [0.2, 0.25) is 0 Å². The van der Waals surface area contributed by atoms with Crippen LogP contribution in [0.3, 0.4) is 0 Å². The summed E-state index contributed by atoms with van der Waals surface area (Å²) in [5.74, 6) is -0.681. The maximum atomic E-state index is 11.0. The fourth-order valence-corrected chi connectivity index (χ4v) is 1.30. The van der Waals surface area contributed by atoms with E-state index in [1.54, 1.807) is 13.8 Å². The van der Waals surface area contributed by atoms with Gasteiger partial charge in [-0.1, -0.05) is 43.5 Å². The number of hydrogen-bond acceptors (Lipinski definition) is 7. The Hall–Kier alpha value is -2.48. The zero-order valence-corrected chi connectivity index (χ0v) is 15.8. The Kier molecular flexibility index (Phi) is 13.3. The van der Waals surface area contributed by atoms with Gasteiger partial charge in [-0.2, -0.15) is 0 Å². The highest BCUT2D eigenvalue weighted by atomic mass is 16.6. The standard InChI is InChI=1S/C11H12O2.C7H10O3.C2H6O2/c1-9(2)11(12)13-8-10-6-4-3-5-7-10;1-5(2)7(8)10-4-6-3-9-6;3-1-2-4/h3-7H,1,8H2,2H3;6H,1,3-4H2,2H3;3-4H,1-2H2. The average molecular weight is 380 g/mol. The molecule has 0 aliphatic carbocycles. The van der Waals surface area contributed by atoms with Gasteiger partial charge in [0.2, 0.25) is 0 Å². The third-order valence-corrected chi connectivity index (χ3v) is 2.81. The first-order chi connectivity index (χ1) is 12.8. The van der Waals surface area contributed by atoms with Gasteiger partial charge >= 0.3 is 11.9 Å². The smallest absolute Gasteiger partial charge is 0.333 e. The van der Waals surface area contributed by atoms with Crippen molar-refractivity contribution in [3.8, 4) is 0 Å². The molecule has 2 N–H and O–H groups in total. The van der Waals surface area contributed by atoms with E-state index in [2.05, 4.69) is 13.2 Å². The van der Waals surface area contributed by atoms with Gasteiger partial charge in [-0.15, -0.1) is 0 Å². The Morgan fingerprint density at radius 3 is 1.93 bits per heavy atom. The predicted octanol–water partition coefficient (Wildman–Crippen LogP) is 1.78. The summed E-state index contributed by atoms with van der Waals surface area (Å²) < 4.78 is 14.5. The lowest BCUT2D eigenvalue weighted by Crippen LogP contribution is -2.09. The SMILES string of the molecule is C=C(C)C(=O)OCC1CO1.C=C(C)C(=O)OCc1ccccc1.OCCO. The number of ether oxygens (including phenoxy) is 3. The molecule has 0 aromatic heterocycles. The molecular formula is C20H28O7. The number of rotatable bonds is 7. The second-order valence-electron chi connectivity index (χ2n) is 5.62. The summed E-state index contributed by atoms with van der Waals surface area (Å²) in [6.45, 7) is 11.3. The molecule has 1 aliphatic heterocycles. The lowest BCUT2D eigenvalue weighted by molar-refractivity contribution is -0.140. The molecule has 1 aromatic carbocycles. The molecule has 1 heterocycles. The number of aliphatic hydroxyl groups excluding tert-OH is 2. The monoisotopic (exact) mass is 380 g/mol. The van der Waals surface area contributed by atoms with Crippen molar-refractivity contribution in [2.45, 2.75) is 26.6 Å². The highest BCUT2D eigenvalue weighted by Crippen LogP contribution is 2.09. The minimum atomic E-state index is -0.344. The van der Waals surface area contributed by atoms with Crippen LogP contribution in [0.5, 0.6) is 0 Å². The molecule has 1 aliphatic rings. The van der Waals surface area contributed by atoms with Crippen LogP contribution in [0.15, 0.2) is 54.6 Å². The third-order valence-electron chi connectivity index (χ3n) is 2.81. The zero-order chi connectivity index (χ0) is 20.7. The molecule has 27 heavy (non-hydrogen) atoms. The van der Waals surface area contributed by atoms with Crippen LogP contribution in [0.4, 0.5) is 0 Å². The Labute approximate surface area is 159 Å². The Morgan fingerprint density at radius 2 is 1.52 bits per heavy atom. The summed E-state index contributed by atoms with van der Waals surface area (Å²) >= 11 is 0. The molecule has 0 bridgehead atoms. The van der Waals surface area contributed by atoms with Crippen molar-refractivity contribution in [2.75, 3.05) is 26.4 Å². The van der Waals surface area contributed by atoms with Crippen LogP contribution in [0.25, 0.3) is 0 Å². The summed E-state index contributed by atoms with van der Waals surface area (Å²) in [6.07, 6.45) is 0.142. The molecule has 0 radical (unpaired) electrons. The van der Waals surface area contributed by atoms with E-state index in [0.717, 1.165) is 5.56 Å². The van der Waals surface area contributed by atoms with Gasteiger partial charge in [-0.3, -0.25) is 0 Å². The number of aliphatic hydroxyl groups is 2. The minimum absolute atomic E-state index is 0.125. The molecule has 0 spiro atoms. The minimum Gasteiger partial charge on any atom is -0.459 e. The van der Waals surface area contributed by atoms with E-state index in [-0.39, 0.29) is 31.3 Å². The van der Waals surface area contributed by atoms with Crippen molar-refractivity contribution >= 4 is 11.9 Å². The van der Waals surface area contributed by atoms with E-state index in [4.69, 9.17) is 24.4 Å². The maximum absolute atomic E-state index is 11.0. The number of hydrogen-bond donors (Lipinski definition) is 2. The normalized spacial score (nSPS) is 13.7. The molecule has 0 amide bonds. The van der Waals surface area contributed by atoms with E-state index in [0.29, 0.717) is 31.0 Å². The van der Waals surface area contributed by atoms with Gasteiger partial charge in [0.05, 0.1) is 19.8 Å². The third kappa shape index (κ3) is 14.4. The summed E-state index contributed by atoms with van der Waals surface area (Å²) in [5, 5.41) is 15.2. The van der Waals surface area contributed by atoms with E-state index >= 15 is 0 Å². The van der Waals surface area contributed by atoms with Crippen LogP contribution in [0, 0.1) is 0 Å². The Balaban J connectivity index is 0.000000428. The van der Waals surface area contributed by atoms with E-state index in [9.17, 15) is 9.59 Å². The first kappa shape index (κ1) is 24.5. The summed E-state index contributed by atoms with van der Waals surface area (Å²) in [6, 6.07) is 9.55. The Morgan fingerprint density at radius 1 is 1.04 bits per heavy atom. The van der Waals surface area contributed by atoms with E-state index < -0.39 is 0 Å². The second kappa shape index (κ2) is 14.7. The number of carbonyl (C=O) groups is 2. The number of esters is 2. The second-order valence-corrected chi connectivity index (χ2v) is 5.62. The summed E-state index contributed by atoms with van der Waals surface area (Å²) in [7, 11) is 0. The fourth-order valence-electron chi connectivity index (χ4n) is 1.30. The number of carbonyl (C=O) groups excluding carboxylic acids is 2. The molecule has 1 atom stereocenters. The van der Waals surface area contributed by atoms with E-state index in [1.165, 1.54) is 0 Å². The number of benzene rings is 1. The topological polar surface area (TPSA) is 106 Å². The van der Waals surface area contributed by atoms with Gasteiger partial charge < -0.3 is 24.4 Å². The van der Waals surface area contributed by atoms with Crippen LogP contribution < -0.4 is 0 Å². The maximum Gasteiger partial charge on any atom is 0.333 e. The van der Waals surface area contributed by atoms with Crippen molar-refractivity contribution in [3.63, 3.8) is 0 Å². The van der Waals surface area contributed by atoms with E-state index in [1.807, 2.05) is 30.3 Å². The van der Waals surface area contributed by atoms with Crippen molar-refractivity contribution in [1.82, 2.24) is 0 Å². The van der Waals surface area contributed by atoms with Crippen LogP contribution in [-0.2, 0) is 30.4 Å². The molecule has 1 saturated heterocycles. The lowest BCUT2D eigenvalue weighted by Gasteiger charge is -2.03. The molecular weight excluding hydrogens is 352 g/mol. The first-order valence-corrected chi connectivity index (χ1v) is 8.34. The van der Waals surface area contributed by atoms with Crippen LogP contribution >= 0.6 is 0 Å². The molecule has 0 saturated carbocycles. The first-order valence-electron chi connectivity index (χ1n) is 8.34.